The van der Waals surface area contributed by atoms with Crippen LogP contribution in [0.2, 0.25) is 0 Å². The van der Waals surface area contributed by atoms with Gasteiger partial charge in [0.2, 0.25) is 5.82 Å². The van der Waals surface area contributed by atoms with Crippen molar-refractivity contribution in [2.75, 3.05) is 5.32 Å². The molecule has 0 unspecified atom stereocenters. The van der Waals surface area contributed by atoms with E-state index in [1.54, 1.807) is 6.07 Å². The third-order valence-corrected chi connectivity index (χ3v) is 3.55. The predicted molar refractivity (Wildman–Crippen MR) is 86.2 cm³/mol. The molecule has 25 heavy (non-hydrogen) atoms. The molecule has 0 spiro atoms. The third-order valence-electron chi connectivity index (χ3n) is 2.94. The minimum atomic E-state index is -0.594. The summed E-state index contributed by atoms with van der Waals surface area (Å²) in [5.41, 5.74) is 2.07. The fourth-order valence-corrected chi connectivity index (χ4v) is 2.18. The Balaban J connectivity index is 1.89. The van der Waals surface area contributed by atoms with Crippen LogP contribution in [0.15, 0.2) is 55.1 Å². The Hall–Kier alpha value is -3.05. The molecule has 0 fully saturated rings. The Morgan fingerprint density at radius 2 is 2.16 bits per heavy atom. The van der Waals surface area contributed by atoms with Gasteiger partial charge in [0.25, 0.3) is 5.91 Å². The van der Waals surface area contributed by atoms with Gasteiger partial charge in [-0.15, -0.1) is 0 Å². The number of hydroxylamine groups is 1. The standard InChI is InChI=1S/C14H9BrFN5O4/c15-8-6-7(3-4-9(8)16)17-12(19-23)11-13(21-25-20-11)18-14(22)10-2-1-5-24-10/h1-6,23H,(H,17,19)(H,18,21,22). The van der Waals surface area contributed by atoms with Crippen LogP contribution in [-0.2, 0) is 0 Å². The zero-order valence-electron chi connectivity index (χ0n) is 12.2. The molecule has 1 amide bonds. The van der Waals surface area contributed by atoms with Crippen molar-refractivity contribution >= 4 is 39.2 Å². The lowest BCUT2D eigenvalue weighted by Crippen LogP contribution is -2.23. The number of furan rings is 1. The average Bonchev–Trinajstić information content (AvgIpc) is 3.27. The van der Waals surface area contributed by atoms with E-state index >= 15 is 0 Å². The summed E-state index contributed by atoms with van der Waals surface area (Å²) in [6.45, 7) is 0. The van der Waals surface area contributed by atoms with Gasteiger partial charge in [0.15, 0.2) is 17.3 Å². The monoisotopic (exact) mass is 409 g/mol. The average molecular weight is 410 g/mol. The van der Waals surface area contributed by atoms with Crippen LogP contribution in [0.1, 0.15) is 16.2 Å². The molecule has 3 rings (SSSR count). The molecule has 0 radical (unpaired) electrons. The SMILES string of the molecule is O=C(Nc1nonc1C(=Nc1ccc(F)c(Br)c1)NO)c1ccco1. The van der Waals surface area contributed by atoms with Gasteiger partial charge in [-0.2, -0.15) is 0 Å². The largest absolute Gasteiger partial charge is 0.459 e. The highest BCUT2D eigenvalue weighted by Gasteiger charge is 2.20. The number of carbonyl (C=O) groups is 1. The number of amidine groups is 1. The molecule has 2 heterocycles. The third kappa shape index (κ3) is 3.72. The summed E-state index contributed by atoms with van der Waals surface area (Å²) in [7, 11) is 0. The van der Waals surface area contributed by atoms with Crippen LogP contribution in [0.4, 0.5) is 15.9 Å². The zero-order chi connectivity index (χ0) is 17.8. The van der Waals surface area contributed by atoms with Gasteiger partial charge < -0.3 is 4.42 Å². The van der Waals surface area contributed by atoms with E-state index in [1.807, 2.05) is 5.48 Å². The van der Waals surface area contributed by atoms with Gasteiger partial charge in [-0.1, -0.05) is 0 Å². The number of hydrogen-bond acceptors (Lipinski definition) is 7. The molecule has 1 aromatic carbocycles. The van der Waals surface area contributed by atoms with E-state index in [-0.39, 0.29) is 27.6 Å². The summed E-state index contributed by atoms with van der Waals surface area (Å²) < 4.78 is 23.0. The van der Waals surface area contributed by atoms with Crippen LogP contribution in [-0.4, -0.2) is 27.3 Å². The second kappa shape index (κ2) is 7.23. The van der Waals surface area contributed by atoms with Crippen LogP contribution >= 0.6 is 15.9 Å². The molecular formula is C14H9BrFN5O4. The Morgan fingerprint density at radius 1 is 1.32 bits per heavy atom. The van der Waals surface area contributed by atoms with Gasteiger partial charge in [0.1, 0.15) is 5.82 Å². The van der Waals surface area contributed by atoms with Gasteiger partial charge in [-0.05, 0) is 56.6 Å². The summed E-state index contributed by atoms with van der Waals surface area (Å²) in [5.74, 6) is -1.28. The van der Waals surface area contributed by atoms with Gasteiger partial charge in [0, 0.05) is 0 Å². The van der Waals surface area contributed by atoms with E-state index in [4.69, 9.17) is 4.42 Å². The van der Waals surface area contributed by atoms with Crippen LogP contribution in [0, 0.1) is 5.82 Å². The number of hydrogen-bond donors (Lipinski definition) is 3. The lowest BCUT2D eigenvalue weighted by molar-refractivity contribution is 0.0995. The molecule has 3 N–H and O–H groups in total. The fraction of sp³-hybridized carbons (Fsp3) is 0. The lowest BCUT2D eigenvalue weighted by Gasteiger charge is -2.04. The Morgan fingerprint density at radius 3 is 2.84 bits per heavy atom. The van der Waals surface area contributed by atoms with Crippen molar-refractivity contribution in [2.24, 2.45) is 4.99 Å². The van der Waals surface area contributed by atoms with Crippen LogP contribution < -0.4 is 10.8 Å². The maximum Gasteiger partial charge on any atom is 0.292 e. The molecule has 0 saturated carbocycles. The van der Waals surface area contributed by atoms with Crippen molar-refractivity contribution in [1.82, 2.24) is 15.8 Å². The lowest BCUT2D eigenvalue weighted by atomic mass is 10.3. The molecular weight excluding hydrogens is 401 g/mol. The summed E-state index contributed by atoms with van der Waals surface area (Å²) in [5, 5.41) is 18.9. The minimum absolute atomic E-state index is 0.0480. The van der Waals surface area contributed by atoms with Crippen LogP contribution in [0.3, 0.4) is 0 Å². The topological polar surface area (TPSA) is 126 Å². The Bertz CT molecular complexity index is 925. The van der Waals surface area contributed by atoms with Crippen molar-refractivity contribution in [3.63, 3.8) is 0 Å². The first kappa shape index (κ1) is 16.8. The van der Waals surface area contributed by atoms with Crippen molar-refractivity contribution in [3.8, 4) is 0 Å². The number of anilines is 1. The molecule has 0 saturated heterocycles. The molecule has 9 nitrogen and oxygen atoms in total. The van der Waals surface area contributed by atoms with Gasteiger partial charge in [-0.3, -0.25) is 20.8 Å². The maximum absolute atomic E-state index is 13.3. The molecule has 11 heteroatoms. The molecule has 0 aliphatic heterocycles. The van der Waals surface area contributed by atoms with Gasteiger partial charge in [-0.25, -0.2) is 14.0 Å². The number of aliphatic imine (C=N–C) groups is 1. The normalized spacial score (nSPS) is 11.4. The highest BCUT2D eigenvalue weighted by molar-refractivity contribution is 9.10. The molecule has 0 bridgehead atoms. The van der Waals surface area contributed by atoms with Crippen LogP contribution in [0.5, 0.6) is 0 Å². The highest BCUT2D eigenvalue weighted by Crippen LogP contribution is 2.23. The maximum atomic E-state index is 13.3. The number of halogens is 2. The summed E-state index contributed by atoms with van der Waals surface area (Å²) >= 11 is 3.03. The second-order valence-electron chi connectivity index (χ2n) is 4.56. The fourth-order valence-electron chi connectivity index (χ4n) is 1.82. The quantitative estimate of drug-likeness (QED) is 0.343. The number of aromatic nitrogens is 2. The molecule has 0 aliphatic carbocycles. The summed E-state index contributed by atoms with van der Waals surface area (Å²) in [6, 6.07) is 6.97. The first-order chi connectivity index (χ1) is 12.1. The van der Waals surface area contributed by atoms with E-state index in [2.05, 4.69) is 41.2 Å². The van der Waals surface area contributed by atoms with Crippen molar-refractivity contribution in [2.45, 2.75) is 0 Å². The number of nitrogens with one attached hydrogen (secondary N) is 2. The number of rotatable bonds is 4. The summed E-state index contributed by atoms with van der Waals surface area (Å²) in [6.07, 6.45) is 1.34. The van der Waals surface area contributed by atoms with Gasteiger partial charge >= 0.3 is 0 Å². The predicted octanol–water partition coefficient (Wildman–Crippen LogP) is 2.87. The van der Waals surface area contributed by atoms with E-state index in [0.29, 0.717) is 5.69 Å². The zero-order valence-corrected chi connectivity index (χ0v) is 13.8. The molecule has 2 aromatic heterocycles. The van der Waals surface area contributed by atoms with Crippen molar-refractivity contribution in [3.05, 3.63) is 58.3 Å². The number of amides is 1. The number of nitrogens with zero attached hydrogens (tertiary/aromatic N) is 3. The summed E-state index contributed by atoms with van der Waals surface area (Å²) in [4.78, 5) is 16.1. The highest BCUT2D eigenvalue weighted by atomic mass is 79.9. The first-order valence-corrected chi connectivity index (χ1v) is 7.49. The van der Waals surface area contributed by atoms with E-state index < -0.39 is 11.7 Å². The van der Waals surface area contributed by atoms with Gasteiger partial charge in [0.05, 0.1) is 16.4 Å². The Labute approximate surface area is 147 Å². The van der Waals surface area contributed by atoms with E-state index in [9.17, 15) is 14.4 Å². The number of benzene rings is 1. The van der Waals surface area contributed by atoms with E-state index in [0.717, 1.165) is 0 Å². The molecule has 0 atom stereocenters. The van der Waals surface area contributed by atoms with E-state index in [1.165, 1.54) is 30.5 Å². The molecule has 0 aliphatic rings. The Kier molecular flexibility index (Phi) is 4.86. The number of carbonyl (C=O) groups excluding carboxylic acids is 1. The second-order valence-corrected chi connectivity index (χ2v) is 5.42. The van der Waals surface area contributed by atoms with Crippen LogP contribution in [0.25, 0.3) is 0 Å². The van der Waals surface area contributed by atoms with Crippen molar-refractivity contribution in [1.29, 1.82) is 0 Å². The molecule has 3 aromatic rings. The first-order valence-electron chi connectivity index (χ1n) is 6.70. The smallest absolute Gasteiger partial charge is 0.292 e. The molecule has 128 valence electrons. The minimum Gasteiger partial charge on any atom is -0.459 e. The van der Waals surface area contributed by atoms with Crippen molar-refractivity contribution < 1.29 is 23.4 Å².